The number of hydrazone groups is 1. The third-order valence-electron chi connectivity index (χ3n) is 3.36. The van der Waals surface area contributed by atoms with Crippen LogP contribution in [0.2, 0.25) is 0 Å². The maximum atomic E-state index is 12.2. The SMILES string of the molecule is COCCOC(=O)Nc1cccc(NC(=O)C2=NN(C)C(=O)CC2)c1. The van der Waals surface area contributed by atoms with Crippen LogP contribution >= 0.6 is 0 Å². The van der Waals surface area contributed by atoms with Gasteiger partial charge in [-0.15, -0.1) is 0 Å². The summed E-state index contributed by atoms with van der Waals surface area (Å²) in [5.74, 6) is -0.520. The van der Waals surface area contributed by atoms with Gasteiger partial charge in [0, 0.05) is 38.4 Å². The van der Waals surface area contributed by atoms with E-state index in [-0.39, 0.29) is 30.6 Å². The van der Waals surface area contributed by atoms with Crippen molar-refractivity contribution in [3.05, 3.63) is 24.3 Å². The summed E-state index contributed by atoms with van der Waals surface area (Å²) >= 11 is 0. The summed E-state index contributed by atoms with van der Waals surface area (Å²) in [7, 11) is 3.02. The minimum Gasteiger partial charge on any atom is -0.447 e. The van der Waals surface area contributed by atoms with Crippen LogP contribution in [0.4, 0.5) is 16.2 Å². The average molecular weight is 348 g/mol. The Morgan fingerprint density at radius 2 is 1.92 bits per heavy atom. The number of rotatable bonds is 6. The van der Waals surface area contributed by atoms with Gasteiger partial charge in [0.05, 0.1) is 6.61 Å². The van der Waals surface area contributed by atoms with E-state index < -0.39 is 6.09 Å². The number of nitrogens with zero attached hydrogens (tertiary/aromatic N) is 2. The minimum atomic E-state index is -0.614. The summed E-state index contributed by atoms with van der Waals surface area (Å²) in [5.41, 5.74) is 1.24. The van der Waals surface area contributed by atoms with Gasteiger partial charge in [-0.05, 0) is 18.2 Å². The van der Waals surface area contributed by atoms with Gasteiger partial charge in [-0.25, -0.2) is 9.80 Å². The lowest BCUT2D eigenvalue weighted by Gasteiger charge is -2.19. The van der Waals surface area contributed by atoms with Gasteiger partial charge in [0.25, 0.3) is 5.91 Å². The molecule has 2 N–H and O–H groups in total. The van der Waals surface area contributed by atoms with E-state index in [1.807, 2.05) is 0 Å². The number of ether oxygens (including phenoxy) is 2. The zero-order chi connectivity index (χ0) is 18.2. The summed E-state index contributed by atoms with van der Waals surface area (Å²) in [6.07, 6.45) is -0.0755. The molecule has 0 atom stereocenters. The highest BCUT2D eigenvalue weighted by Gasteiger charge is 2.22. The standard InChI is InChI=1S/C16H20N4O5/c1-20-14(21)7-6-13(19-20)15(22)17-11-4-3-5-12(10-11)18-16(23)25-9-8-24-2/h3-5,10H,6-9H2,1-2H3,(H,17,22)(H,18,23). The molecule has 1 aromatic carbocycles. The molecule has 0 radical (unpaired) electrons. The average Bonchev–Trinajstić information content (AvgIpc) is 2.58. The Morgan fingerprint density at radius 3 is 2.60 bits per heavy atom. The van der Waals surface area contributed by atoms with Gasteiger partial charge < -0.3 is 14.8 Å². The molecule has 1 aromatic rings. The second-order valence-electron chi connectivity index (χ2n) is 5.25. The minimum absolute atomic E-state index is 0.130. The lowest BCUT2D eigenvalue weighted by molar-refractivity contribution is -0.130. The highest BCUT2D eigenvalue weighted by atomic mass is 16.6. The molecule has 0 saturated carbocycles. The molecule has 0 aromatic heterocycles. The number of hydrogen-bond donors (Lipinski definition) is 2. The molecule has 3 amide bonds. The number of carbonyl (C=O) groups is 3. The molecule has 0 spiro atoms. The number of benzene rings is 1. The zero-order valence-electron chi connectivity index (χ0n) is 14.1. The third kappa shape index (κ3) is 5.57. The molecule has 0 unspecified atom stereocenters. The summed E-state index contributed by atoms with van der Waals surface area (Å²) in [6.45, 7) is 0.452. The molecule has 9 nitrogen and oxygen atoms in total. The normalized spacial score (nSPS) is 13.9. The largest absolute Gasteiger partial charge is 0.447 e. The molecule has 0 bridgehead atoms. The molecule has 9 heteroatoms. The van der Waals surface area contributed by atoms with Crippen molar-refractivity contribution in [2.75, 3.05) is 38.0 Å². The molecule has 134 valence electrons. The number of nitrogens with one attached hydrogen (secondary N) is 2. The van der Waals surface area contributed by atoms with Crippen molar-refractivity contribution < 1.29 is 23.9 Å². The second kappa shape index (κ2) is 8.78. The summed E-state index contributed by atoms with van der Waals surface area (Å²) in [6, 6.07) is 6.61. The van der Waals surface area contributed by atoms with Crippen molar-refractivity contribution >= 4 is 35.0 Å². The van der Waals surface area contributed by atoms with Crippen LogP contribution in [0.3, 0.4) is 0 Å². The Hall–Kier alpha value is -2.94. The molecule has 25 heavy (non-hydrogen) atoms. The number of carbonyl (C=O) groups excluding carboxylic acids is 3. The van der Waals surface area contributed by atoms with E-state index in [9.17, 15) is 14.4 Å². The topological polar surface area (TPSA) is 109 Å². The summed E-state index contributed by atoms with van der Waals surface area (Å²) in [4.78, 5) is 35.2. The van der Waals surface area contributed by atoms with E-state index in [2.05, 4.69) is 15.7 Å². The first-order valence-corrected chi connectivity index (χ1v) is 7.67. The smallest absolute Gasteiger partial charge is 0.411 e. The highest BCUT2D eigenvalue weighted by molar-refractivity contribution is 6.43. The maximum absolute atomic E-state index is 12.2. The van der Waals surface area contributed by atoms with Crippen molar-refractivity contribution in [1.29, 1.82) is 0 Å². The number of hydrogen-bond acceptors (Lipinski definition) is 6. The number of methoxy groups -OCH3 is 1. The Kier molecular flexibility index (Phi) is 6.47. The van der Waals surface area contributed by atoms with Gasteiger partial charge in [0.2, 0.25) is 5.91 Å². The van der Waals surface area contributed by atoms with E-state index in [1.165, 1.54) is 14.2 Å². The number of anilines is 2. The van der Waals surface area contributed by atoms with Crippen LogP contribution in [0.15, 0.2) is 29.4 Å². The maximum Gasteiger partial charge on any atom is 0.411 e. The second-order valence-corrected chi connectivity index (χ2v) is 5.25. The quantitative estimate of drug-likeness (QED) is 0.756. The van der Waals surface area contributed by atoms with Crippen molar-refractivity contribution in [1.82, 2.24) is 5.01 Å². The van der Waals surface area contributed by atoms with Crippen molar-refractivity contribution in [2.24, 2.45) is 5.10 Å². The lowest BCUT2D eigenvalue weighted by Crippen LogP contribution is -2.34. The highest BCUT2D eigenvalue weighted by Crippen LogP contribution is 2.16. The van der Waals surface area contributed by atoms with Crippen LogP contribution in [-0.2, 0) is 19.1 Å². The van der Waals surface area contributed by atoms with Gasteiger partial charge in [-0.1, -0.05) is 6.07 Å². The van der Waals surface area contributed by atoms with Crippen LogP contribution in [0.5, 0.6) is 0 Å². The van der Waals surface area contributed by atoms with Crippen molar-refractivity contribution in [3.8, 4) is 0 Å². The van der Waals surface area contributed by atoms with Crippen molar-refractivity contribution in [3.63, 3.8) is 0 Å². The Balaban J connectivity index is 1.95. The van der Waals surface area contributed by atoms with E-state index >= 15 is 0 Å². The van der Waals surface area contributed by atoms with E-state index in [4.69, 9.17) is 9.47 Å². The summed E-state index contributed by atoms with van der Waals surface area (Å²) < 4.78 is 9.69. The molecule has 2 rings (SSSR count). The molecule has 1 aliphatic rings. The van der Waals surface area contributed by atoms with Gasteiger partial charge in [0.1, 0.15) is 12.3 Å². The predicted molar refractivity (Wildman–Crippen MR) is 91.4 cm³/mol. The van der Waals surface area contributed by atoms with Gasteiger partial charge in [0.15, 0.2) is 0 Å². The molecule has 0 fully saturated rings. The van der Waals surface area contributed by atoms with Gasteiger partial charge in [-0.3, -0.25) is 14.9 Å². The first kappa shape index (κ1) is 18.4. The molecule has 0 aliphatic carbocycles. The van der Waals surface area contributed by atoms with Crippen LogP contribution in [-0.4, -0.2) is 56.0 Å². The zero-order valence-corrected chi connectivity index (χ0v) is 14.1. The van der Waals surface area contributed by atoms with Crippen molar-refractivity contribution in [2.45, 2.75) is 12.8 Å². The first-order chi connectivity index (χ1) is 12.0. The van der Waals surface area contributed by atoms with E-state index in [0.29, 0.717) is 24.4 Å². The van der Waals surface area contributed by atoms with Crippen LogP contribution in [0.1, 0.15) is 12.8 Å². The summed E-state index contributed by atoms with van der Waals surface area (Å²) in [5, 5.41) is 10.4. The molecule has 1 aliphatic heterocycles. The fraction of sp³-hybridized carbons (Fsp3) is 0.375. The fourth-order valence-electron chi connectivity index (χ4n) is 2.08. The Labute approximate surface area is 145 Å². The van der Waals surface area contributed by atoms with Crippen LogP contribution < -0.4 is 10.6 Å². The van der Waals surface area contributed by atoms with Crippen LogP contribution in [0, 0.1) is 0 Å². The van der Waals surface area contributed by atoms with Gasteiger partial charge in [-0.2, -0.15) is 5.10 Å². The lowest BCUT2D eigenvalue weighted by atomic mass is 10.1. The number of amides is 3. The monoisotopic (exact) mass is 348 g/mol. The fourth-order valence-corrected chi connectivity index (χ4v) is 2.08. The predicted octanol–water partition coefficient (Wildman–Crippen LogP) is 1.43. The molecule has 1 heterocycles. The molecule has 0 saturated heterocycles. The van der Waals surface area contributed by atoms with Crippen LogP contribution in [0.25, 0.3) is 0 Å². The third-order valence-corrected chi connectivity index (χ3v) is 3.36. The Morgan fingerprint density at radius 1 is 1.20 bits per heavy atom. The first-order valence-electron chi connectivity index (χ1n) is 7.67. The van der Waals surface area contributed by atoms with E-state index in [0.717, 1.165) is 5.01 Å². The molecular formula is C16H20N4O5. The van der Waals surface area contributed by atoms with Gasteiger partial charge >= 0.3 is 6.09 Å². The molecular weight excluding hydrogens is 328 g/mol. The Bertz CT molecular complexity index is 689. The van der Waals surface area contributed by atoms with E-state index in [1.54, 1.807) is 24.3 Å².